The van der Waals surface area contributed by atoms with Crippen LogP contribution in [0.15, 0.2) is 29.3 Å². The van der Waals surface area contributed by atoms with Crippen molar-refractivity contribution in [1.29, 1.82) is 0 Å². The normalized spacial score (nSPS) is 22.7. The molecule has 0 aromatic heterocycles. The molecule has 1 aromatic carbocycles. The lowest BCUT2D eigenvalue weighted by Crippen LogP contribution is -2.23. The minimum atomic E-state index is -0.494. The molecule has 1 aliphatic heterocycles. The summed E-state index contributed by atoms with van der Waals surface area (Å²) in [4.78, 5) is 15.2. The molecule has 2 rings (SSSR count). The number of para-hydroxylation sites is 1. The molecule has 0 saturated carbocycles. The van der Waals surface area contributed by atoms with Crippen molar-refractivity contribution in [3.63, 3.8) is 0 Å². The third kappa shape index (κ3) is 2.10. The molecule has 5 heteroatoms. The molecule has 1 aromatic rings. The molecule has 1 atom stereocenters. The summed E-state index contributed by atoms with van der Waals surface area (Å²) in [6.07, 6.45) is -0.494. The number of amidine groups is 1. The number of rotatable bonds is 1. The van der Waals surface area contributed by atoms with Gasteiger partial charge in [-0.05, 0) is 19.1 Å². The lowest BCUT2D eigenvalue weighted by molar-refractivity contribution is -0.122. The van der Waals surface area contributed by atoms with E-state index in [0.29, 0.717) is 10.7 Å². The number of carbonyl (C=O) groups is 1. The average molecular weight is 225 g/mol. The van der Waals surface area contributed by atoms with Crippen LogP contribution >= 0.6 is 11.6 Å². The molecule has 1 heterocycles. The number of halogens is 1. The highest BCUT2D eigenvalue weighted by Crippen LogP contribution is 2.24. The molecule has 0 spiro atoms. The largest absolute Gasteiger partial charge is 0.452 e. The van der Waals surface area contributed by atoms with Crippen LogP contribution in [0.4, 0.5) is 5.69 Å². The number of amides is 1. The van der Waals surface area contributed by atoms with Gasteiger partial charge in [-0.3, -0.25) is 10.1 Å². The van der Waals surface area contributed by atoms with Crippen LogP contribution in [-0.2, 0) is 9.53 Å². The summed E-state index contributed by atoms with van der Waals surface area (Å²) < 4.78 is 5.16. The molecule has 0 radical (unpaired) electrons. The number of hydrogen-bond acceptors (Lipinski definition) is 3. The van der Waals surface area contributed by atoms with Gasteiger partial charge in [-0.2, -0.15) is 4.99 Å². The quantitative estimate of drug-likeness (QED) is 0.792. The Hall–Kier alpha value is -1.55. The Morgan fingerprint density at radius 3 is 2.80 bits per heavy atom. The number of aliphatic imine (C=N–C) groups is 1. The van der Waals surface area contributed by atoms with Crippen molar-refractivity contribution in [2.75, 3.05) is 0 Å². The van der Waals surface area contributed by atoms with Gasteiger partial charge in [0.1, 0.15) is 0 Å². The average Bonchev–Trinajstić information content (AvgIpc) is 2.50. The number of hydrogen-bond donors (Lipinski definition) is 1. The van der Waals surface area contributed by atoms with Crippen LogP contribution in [0.2, 0.25) is 5.02 Å². The highest BCUT2D eigenvalue weighted by Gasteiger charge is 2.26. The molecule has 0 aliphatic carbocycles. The molecule has 1 N–H and O–H groups in total. The highest BCUT2D eigenvalue weighted by atomic mass is 35.5. The van der Waals surface area contributed by atoms with Gasteiger partial charge in [0, 0.05) is 0 Å². The molecule has 78 valence electrons. The van der Waals surface area contributed by atoms with E-state index in [-0.39, 0.29) is 11.9 Å². The monoisotopic (exact) mass is 224 g/mol. The van der Waals surface area contributed by atoms with E-state index < -0.39 is 6.10 Å². The van der Waals surface area contributed by atoms with Gasteiger partial charge in [0.15, 0.2) is 6.10 Å². The van der Waals surface area contributed by atoms with Crippen LogP contribution in [0.3, 0.4) is 0 Å². The molecular weight excluding hydrogens is 216 g/mol. The van der Waals surface area contributed by atoms with Gasteiger partial charge >= 0.3 is 0 Å². The van der Waals surface area contributed by atoms with Crippen LogP contribution in [0.1, 0.15) is 6.92 Å². The van der Waals surface area contributed by atoms with Gasteiger partial charge in [0.2, 0.25) is 0 Å². The Bertz CT molecular complexity index is 431. The molecule has 1 aliphatic rings. The van der Waals surface area contributed by atoms with E-state index in [9.17, 15) is 4.79 Å². The maximum atomic E-state index is 11.1. The summed E-state index contributed by atoms with van der Waals surface area (Å²) in [6, 6.07) is 7.28. The maximum Gasteiger partial charge on any atom is 0.297 e. The smallest absolute Gasteiger partial charge is 0.297 e. The first-order valence-electron chi connectivity index (χ1n) is 4.47. The topological polar surface area (TPSA) is 50.7 Å². The zero-order chi connectivity index (χ0) is 10.8. The van der Waals surface area contributed by atoms with E-state index in [1.54, 1.807) is 19.1 Å². The predicted molar refractivity (Wildman–Crippen MR) is 57.2 cm³/mol. The number of carbonyl (C=O) groups excluding carboxylic acids is 1. The summed E-state index contributed by atoms with van der Waals surface area (Å²) in [6.45, 7) is 1.66. The molecule has 0 bridgehead atoms. The molecule has 1 fully saturated rings. The molecule has 1 saturated heterocycles. The Kier molecular flexibility index (Phi) is 2.60. The molecule has 4 nitrogen and oxygen atoms in total. The Morgan fingerprint density at radius 1 is 1.47 bits per heavy atom. The molecule has 15 heavy (non-hydrogen) atoms. The second-order valence-electron chi connectivity index (χ2n) is 3.12. The van der Waals surface area contributed by atoms with Crippen molar-refractivity contribution in [2.45, 2.75) is 13.0 Å². The standard InChI is InChI=1S/C10H9ClN2O2/c1-6-9(14)13-10(15-6)12-8-5-3-2-4-7(8)11/h2-6H,1H3,(H,12,13,14). The lowest BCUT2D eigenvalue weighted by atomic mass is 10.3. The first-order chi connectivity index (χ1) is 7.16. The van der Waals surface area contributed by atoms with Gasteiger partial charge in [-0.15, -0.1) is 0 Å². The minimum Gasteiger partial charge on any atom is -0.452 e. The Balaban J connectivity index is 2.25. The van der Waals surface area contributed by atoms with E-state index >= 15 is 0 Å². The van der Waals surface area contributed by atoms with Crippen molar-refractivity contribution < 1.29 is 9.53 Å². The summed E-state index contributed by atoms with van der Waals surface area (Å²) in [5, 5.41) is 3.03. The zero-order valence-corrected chi connectivity index (χ0v) is 8.78. The first-order valence-corrected chi connectivity index (χ1v) is 4.85. The zero-order valence-electron chi connectivity index (χ0n) is 8.03. The summed E-state index contributed by atoms with van der Waals surface area (Å²) in [7, 11) is 0. The lowest BCUT2D eigenvalue weighted by Gasteiger charge is -2.00. The van der Waals surface area contributed by atoms with E-state index in [0.717, 1.165) is 0 Å². The van der Waals surface area contributed by atoms with Crippen LogP contribution in [0, 0.1) is 0 Å². The minimum absolute atomic E-state index is 0.194. The molecular formula is C10H9ClN2O2. The number of benzene rings is 1. The SMILES string of the molecule is CC1OC(=Nc2ccccc2Cl)NC1=O. The molecule has 1 amide bonds. The second kappa shape index (κ2) is 3.90. The van der Waals surface area contributed by atoms with Crippen LogP contribution in [0.5, 0.6) is 0 Å². The maximum absolute atomic E-state index is 11.1. The van der Waals surface area contributed by atoms with Crippen molar-refractivity contribution in [1.82, 2.24) is 5.32 Å². The fraction of sp³-hybridized carbons (Fsp3) is 0.200. The van der Waals surface area contributed by atoms with Gasteiger partial charge in [0.25, 0.3) is 11.9 Å². The van der Waals surface area contributed by atoms with Crippen LogP contribution in [-0.4, -0.2) is 18.0 Å². The fourth-order valence-corrected chi connectivity index (χ4v) is 1.34. The number of ether oxygens (including phenoxy) is 1. The summed E-state index contributed by atoms with van der Waals surface area (Å²) in [5.74, 6) is -0.194. The Labute approximate surface area is 91.9 Å². The molecule has 1 unspecified atom stereocenters. The van der Waals surface area contributed by atoms with Gasteiger partial charge in [-0.25, -0.2) is 0 Å². The van der Waals surface area contributed by atoms with E-state index in [1.807, 2.05) is 12.1 Å². The van der Waals surface area contributed by atoms with Crippen LogP contribution in [0.25, 0.3) is 0 Å². The predicted octanol–water partition coefficient (Wildman–Crippen LogP) is 1.86. The van der Waals surface area contributed by atoms with E-state index in [1.165, 1.54) is 0 Å². The first kappa shape index (κ1) is 9.98. The summed E-state index contributed by atoms with van der Waals surface area (Å²) in [5.41, 5.74) is 0.573. The summed E-state index contributed by atoms with van der Waals surface area (Å²) >= 11 is 5.90. The highest BCUT2D eigenvalue weighted by molar-refractivity contribution is 6.33. The Morgan fingerprint density at radius 2 is 2.20 bits per heavy atom. The van der Waals surface area contributed by atoms with Gasteiger partial charge in [0.05, 0.1) is 10.7 Å². The van der Waals surface area contributed by atoms with Gasteiger partial charge < -0.3 is 4.74 Å². The van der Waals surface area contributed by atoms with Gasteiger partial charge in [-0.1, -0.05) is 23.7 Å². The third-order valence-electron chi connectivity index (χ3n) is 1.96. The van der Waals surface area contributed by atoms with Crippen molar-refractivity contribution in [3.8, 4) is 0 Å². The van der Waals surface area contributed by atoms with E-state index in [2.05, 4.69) is 10.3 Å². The third-order valence-corrected chi connectivity index (χ3v) is 2.28. The van der Waals surface area contributed by atoms with E-state index in [4.69, 9.17) is 16.3 Å². The fourth-order valence-electron chi connectivity index (χ4n) is 1.16. The second-order valence-corrected chi connectivity index (χ2v) is 3.52. The van der Waals surface area contributed by atoms with Crippen LogP contribution < -0.4 is 5.32 Å². The van der Waals surface area contributed by atoms with Crippen molar-refractivity contribution in [3.05, 3.63) is 29.3 Å². The van der Waals surface area contributed by atoms with Crippen molar-refractivity contribution >= 4 is 29.2 Å². The van der Waals surface area contributed by atoms with Crippen molar-refractivity contribution in [2.24, 2.45) is 4.99 Å². The number of nitrogens with one attached hydrogen (secondary N) is 1. The number of nitrogens with zero attached hydrogens (tertiary/aromatic N) is 1.